The summed E-state index contributed by atoms with van der Waals surface area (Å²) >= 11 is 0. The molecule has 0 amide bonds. The fourth-order valence-electron chi connectivity index (χ4n) is 3.70. The Labute approximate surface area is 190 Å². The van der Waals surface area contributed by atoms with Gasteiger partial charge in [0.1, 0.15) is 29.1 Å². The molecule has 1 saturated heterocycles. The van der Waals surface area contributed by atoms with Crippen molar-refractivity contribution >= 4 is 22.4 Å². The van der Waals surface area contributed by atoms with Crippen LogP contribution in [0.1, 0.15) is 0 Å². The van der Waals surface area contributed by atoms with Gasteiger partial charge in [0.2, 0.25) is 0 Å². The first-order valence-corrected chi connectivity index (χ1v) is 10.9. The molecule has 0 bridgehead atoms. The van der Waals surface area contributed by atoms with Gasteiger partial charge in [-0.1, -0.05) is 30.3 Å². The molecular weight excluding hydrogens is 420 g/mol. The van der Waals surface area contributed by atoms with Crippen LogP contribution in [0.2, 0.25) is 0 Å². The van der Waals surface area contributed by atoms with Crippen molar-refractivity contribution in [3.63, 3.8) is 0 Å². The number of hydrogen-bond acceptors (Lipinski definition) is 8. The number of anilines is 2. The third-order valence-corrected chi connectivity index (χ3v) is 5.45. The number of nitrogens with zero attached hydrogens (tertiary/aromatic N) is 4. The van der Waals surface area contributed by atoms with E-state index in [-0.39, 0.29) is 5.56 Å². The second kappa shape index (κ2) is 9.76. The summed E-state index contributed by atoms with van der Waals surface area (Å²) in [5, 5.41) is 9.96. The highest BCUT2D eigenvalue weighted by atomic mass is 16.5. The average Bonchev–Trinajstić information content (AvgIpc) is 2.86. The second-order valence-corrected chi connectivity index (χ2v) is 7.67. The SMILES string of the molecule is O=c1[nH]ncc2nc(-c3ccccc3)nc(Nc3ccc(OCCN4CCOCC4)cc3)c12. The fourth-order valence-corrected chi connectivity index (χ4v) is 3.70. The maximum atomic E-state index is 12.5. The first-order chi connectivity index (χ1) is 16.3. The van der Waals surface area contributed by atoms with Gasteiger partial charge >= 0.3 is 0 Å². The van der Waals surface area contributed by atoms with Crippen molar-refractivity contribution in [3.05, 3.63) is 71.1 Å². The van der Waals surface area contributed by atoms with E-state index in [1.807, 2.05) is 54.6 Å². The minimum Gasteiger partial charge on any atom is -0.492 e. The molecule has 0 radical (unpaired) electrons. The summed E-state index contributed by atoms with van der Waals surface area (Å²) in [7, 11) is 0. The summed E-state index contributed by atoms with van der Waals surface area (Å²) in [5.41, 5.74) is 1.76. The predicted octanol–water partition coefficient (Wildman–Crippen LogP) is 2.83. The lowest BCUT2D eigenvalue weighted by Gasteiger charge is -2.26. The van der Waals surface area contributed by atoms with E-state index < -0.39 is 0 Å². The lowest BCUT2D eigenvalue weighted by molar-refractivity contribution is 0.0322. The number of rotatable bonds is 7. The van der Waals surface area contributed by atoms with Gasteiger partial charge in [0.15, 0.2) is 5.82 Å². The number of aromatic amines is 1. The van der Waals surface area contributed by atoms with Crippen molar-refractivity contribution in [2.45, 2.75) is 0 Å². The molecule has 5 rings (SSSR count). The first-order valence-electron chi connectivity index (χ1n) is 10.9. The average molecular weight is 444 g/mol. The van der Waals surface area contributed by atoms with Gasteiger partial charge in [0, 0.05) is 30.9 Å². The van der Waals surface area contributed by atoms with E-state index in [4.69, 9.17) is 9.47 Å². The molecule has 0 saturated carbocycles. The zero-order valence-electron chi connectivity index (χ0n) is 18.0. The maximum Gasteiger partial charge on any atom is 0.277 e. The minimum absolute atomic E-state index is 0.349. The van der Waals surface area contributed by atoms with Crippen LogP contribution in [0.15, 0.2) is 65.6 Å². The van der Waals surface area contributed by atoms with Gasteiger partial charge in [-0.05, 0) is 24.3 Å². The summed E-state index contributed by atoms with van der Waals surface area (Å²) in [5.74, 6) is 1.72. The number of benzene rings is 2. The lowest BCUT2D eigenvalue weighted by atomic mass is 10.2. The van der Waals surface area contributed by atoms with Gasteiger partial charge in [0.05, 0.1) is 19.4 Å². The third kappa shape index (κ3) is 5.00. The molecule has 1 aliphatic rings. The fraction of sp³-hybridized carbons (Fsp3) is 0.250. The molecule has 1 fully saturated rings. The molecule has 4 aromatic rings. The van der Waals surface area contributed by atoms with Crippen molar-refractivity contribution in [1.82, 2.24) is 25.1 Å². The maximum absolute atomic E-state index is 12.5. The number of H-pyrrole nitrogens is 1. The molecule has 0 atom stereocenters. The molecule has 3 heterocycles. The van der Waals surface area contributed by atoms with E-state index in [1.165, 1.54) is 6.20 Å². The Kier molecular flexibility index (Phi) is 6.23. The Morgan fingerprint density at radius 1 is 1.03 bits per heavy atom. The molecule has 2 aromatic heterocycles. The van der Waals surface area contributed by atoms with Crippen LogP contribution in [-0.4, -0.2) is 64.5 Å². The van der Waals surface area contributed by atoms with Gasteiger partial charge in [-0.25, -0.2) is 15.1 Å². The Morgan fingerprint density at radius 3 is 2.61 bits per heavy atom. The summed E-state index contributed by atoms with van der Waals surface area (Å²) < 4.78 is 11.3. The van der Waals surface area contributed by atoms with Crippen LogP contribution in [0.25, 0.3) is 22.3 Å². The smallest absolute Gasteiger partial charge is 0.277 e. The second-order valence-electron chi connectivity index (χ2n) is 7.67. The van der Waals surface area contributed by atoms with Crippen molar-refractivity contribution in [2.75, 3.05) is 44.8 Å². The number of fused-ring (bicyclic) bond motifs is 1. The molecule has 1 aliphatic heterocycles. The molecule has 9 nitrogen and oxygen atoms in total. The molecule has 33 heavy (non-hydrogen) atoms. The van der Waals surface area contributed by atoms with Crippen molar-refractivity contribution in [2.24, 2.45) is 0 Å². The minimum atomic E-state index is -0.349. The van der Waals surface area contributed by atoms with Crippen molar-refractivity contribution in [1.29, 1.82) is 0 Å². The molecule has 0 aliphatic carbocycles. The van der Waals surface area contributed by atoms with Crippen LogP contribution in [0.3, 0.4) is 0 Å². The highest BCUT2D eigenvalue weighted by Crippen LogP contribution is 2.25. The molecule has 2 N–H and O–H groups in total. The van der Waals surface area contributed by atoms with Gasteiger partial charge in [0.25, 0.3) is 5.56 Å². The predicted molar refractivity (Wildman–Crippen MR) is 126 cm³/mol. The van der Waals surface area contributed by atoms with Crippen LogP contribution in [0.4, 0.5) is 11.5 Å². The van der Waals surface area contributed by atoms with E-state index in [9.17, 15) is 4.79 Å². The zero-order valence-corrected chi connectivity index (χ0v) is 18.0. The van der Waals surface area contributed by atoms with E-state index >= 15 is 0 Å². The normalized spacial score (nSPS) is 14.3. The van der Waals surface area contributed by atoms with Crippen LogP contribution in [-0.2, 0) is 4.74 Å². The van der Waals surface area contributed by atoms with Gasteiger partial charge in [-0.2, -0.15) is 5.10 Å². The Bertz CT molecular complexity index is 1270. The van der Waals surface area contributed by atoms with Crippen LogP contribution >= 0.6 is 0 Å². The molecule has 168 valence electrons. The monoisotopic (exact) mass is 444 g/mol. The largest absolute Gasteiger partial charge is 0.492 e. The third-order valence-electron chi connectivity index (χ3n) is 5.45. The summed E-state index contributed by atoms with van der Waals surface area (Å²) in [6.45, 7) is 4.94. The van der Waals surface area contributed by atoms with Gasteiger partial charge in [-0.3, -0.25) is 9.69 Å². The Morgan fingerprint density at radius 2 is 1.82 bits per heavy atom. The standard InChI is InChI=1S/C24H24N6O3/c31-24-21-20(16-25-29-24)27-22(17-4-2-1-3-5-17)28-23(21)26-18-6-8-19(9-7-18)33-15-12-30-10-13-32-14-11-30/h1-9,16H,10-15H2,(H,29,31)(H,26,27,28). The van der Waals surface area contributed by atoms with E-state index in [1.54, 1.807) is 0 Å². The lowest BCUT2D eigenvalue weighted by Crippen LogP contribution is -2.38. The van der Waals surface area contributed by atoms with Gasteiger partial charge in [-0.15, -0.1) is 0 Å². The number of ether oxygens (including phenoxy) is 2. The number of nitrogens with one attached hydrogen (secondary N) is 2. The Balaban J connectivity index is 1.34. The highest BCUT2D eigenvalue weighted by Gasteiger charge is 2.14. The molecular formula is C24H24N6O3. The van der Waals surface area contributed by atoms with E-state index in [2.05, 4.69) is 30.4 Å². The molecule has 2 aromatic carbocycles. The van der Waals surface area contributed by atoms with E-state index in [0.29, 0.717) is 29.2 Å². The van der Waals surface area contributed by atoms with Crippen molar-refractivity contribution < 1.29 is 9.47 Å². The summed E-state index contributed by atoms with van der Waals surface area (Å²) in [4.78, 5) is 24.0. The molecule has 9 heteroatoms. The Hall–Kier alpha value is -3.82. The van der Waals surface area contributed by atoms with Crippen molar-refractivity contribution in [3.8, 4) is 17.1 Å². The number of hydrogen-bond donors (Lipinski definition) is 2. The van der Waals surface area contributed by atoms with Crippen LogP contribution in [0, 0.1) is 0 Å². The highest BCUT2D eigenvalue weighted by molar-refractivity contribution is 5.91. The summed E-state index contributed by atoms with van der Waals surface area (Å²) in [6.07, 6.45) is 1.53. The molecule has 0 spiro atoms. The van der Waals surface area contributed by atoms with Crippen LogP contribution < -0.4 is 15.6 Å². The summed E-state index contributed by atoms with van der Waals surface area (Å²) in [6, 6.07) is 17.2. The zero-order chi connectivity index (χ0) is 22.5. The van der Waals surface area contributed by atoms with E-state index in [0.717, 1.165) is 49.8 Å². The quantitative estimate of drug-likeness (QED) is 0.448. The molecule has 0 unspecified atom stereocenters. The first kappa shape index (κ1) is 21.0. The van der Waals surface area contributed by atoms with Gasteiger partial charge < -0.3 is 14.8 Å². The topological polar surface area (TPSA) is 105 Å². The number of aromatic nitrogens is 4. The number of morpholine rings is 1. The van der Waals surface area contributed by atoms with Crippen LogP contribution in [0.5, 0.6) is 5.75 Å².